The second kappa shape index (κ2) is 13.3. The lowest BCUT2D eigenvalue weighted by Gasteiger charge is -2.11. The molecule has 0 aliphatic carbocycles. The number of thiophene rings is 1. The quantitative estimate of drug-likeness (QED) is 0.171. The molecule has 0 saturated heterocycles. The molecule has 0 aliphatic heterocycles. The summed E-state index contributed by atoms with van der Waals surface area (Å²) in [6.07, 6.45) is 0. The molecule has 0 atom stereocenters. The van der Waals surface area contributed by atoms with Gasteiger partial charge in [0.05, 0.1) is 0 Å². The smallest absolute Gasteiger partial charge is 0.164 e. The molecule has 5 heteroatoms. The fourth-order valence-electron chi connectivity index (χ4n) is 7.92. The van der Waals surface area contributed by atoms with E-state index in [1.165, 1.54) is 25.9 Å². The fourth-order valence-corrected chi connectivity index (χ4v) is 9.17. The second-order valence-electron chi connectivity index (χ2n) is 13.9. The Morgan fingerprint density at radius 2 is 0.893 bits per heavy atom. The highest BCUT2D eigenvalue weighted by Gasteiger charge is 2.21. The number of fused-ring (bicyclic) bond motifs is 6. The Labute approximate surface area is 327 Å². The van der Waals surface area contributed by atoms with Gasteiger partial charge in [0.15, 0.2) is 17.5 Å². The van der Waals surface area contributed by atoms with Crippen molar-refractivity contribution in [3.05, 3.63) is 188 Å². The van der Waals surface area contributed by atoms with Gasteiger partial charge in [0.1, 0.15) is 11.2 Å². The minimum atomic E-state index is 0.647. The first-order chi connectivity index (χ1) is 27.7. The largest absolute Gasteiger partial charge is 0.456 e. The number of hydrogen-bond acceptors (Lipinski definition) is 5. The molecule has 0 N–H and O–H groups in total. The zero-order valence-electron chi connectivity index (χ0n) is 30.1. The number of nitrogens with zero attached hydrogens (tertiary/aromatic N) is 3. The minimum absolute atomic E-state index is 0.647. The lowest BCUT2D eigenvalue weighted by molar-refractivity contribution is 0.669. The lowest BCUT2D eigenvalue weighted by atomic mass is 9.92. The van der Waals surface area contributed by atoms with E-state index in [0.717, 1.165) is 66.3 Å². The van der Waals surface area contributed by atoms with E-state index in [0.29, 0.717) is 17.5 Å². The predicted molar refractivity (Wildman–Crippen MR) is 233 cm³/mol. The van der Waals surface area contributed by atoms with Gasteiger partial charge in [-0.05, 0) is 58.1 Å². The Morgan fingerprint density at radius 3 is 1.62 bits per heavy atom. The molecule has 0 bridgehead atoms. The minimum Gasteiger partial charge on any atom is -0.456 e. The van der Waals surface area contributed by atoms with Crippen molar-refractivity contribution in [2.24, 2.45) is 0 Å². The van der Waals surface area contributed by atoms with E-state index in [9.17, 15) is 0 Å². The highest BCUT2D eigenvalue weighted by molar-refractivity contribution is 7.26. The van der Waals surface area contributed by atoms with Crippen molar-refractivity contribution in [3.63, 3.8) is 0 Å². The normalized spacial score (nSPS) is 11.6. The fraction of sp³-hybridized carbons (Fsp3) is 0. The average Bonchev–Trinajstić information content (AvgIpc) is 3.86. The highest BCUT2D eigenvalue weighted by atomic mass is 32.1. The predicted octanol–water partition coefficient (Wildman–Crippen LogP) is 14.1. The lowest BCUT2D eigenvalue weighted by Crippen LogP contribution is -2.00. The Bertz CT molecular complexity index is 3180. The van der Waals surface area contributed by atoms with Gasteiger partial charge in [0.25, 0.3) is 0 Å². The first kappa shape index (κ1) is 32.2. The zero-order valence-corrected chi connectivity index (χ0v) is 30.9. The van der Waals surface area contributed by atoms with E-state index in [4.69, 9.17) is 19.4 Å². The van der Waals surface area contributed by atoms with Gasteiger partial charge < -0.3 is 4.42 Å². The first-order valence-corrected chi connectivity index (χ1v) is 19.5. The van der Waals surface area contributed by atoms with Gasteiger partial charge in [0, 0.05) is 53.2 Å². The van der Waals surface area contributed by atoms with Gasteiger partial charge in [-0.15, -0.1) is 11.3 Å². The first-order valence-electron chi connectivity index (χ1n) is 18.7. The summed E-state index contributed by atoms with van der Waals surface area (Å²) < 4.78 is 9.00. The Hall–Kier alpha value is -7.21. The molecule has 3 heterocycles. The molecular weight excluding hydrogens is 703 g/mol. The molecule has 8 aromatic carbocycles. The Balaban J connectivity index is 1.14. The summed E-state index contributed by atoms with van der Waals surface area (Å²) in [5.41, 5.74) is 11.5. The zero-order chi connectivity index (χ0) is 37.0. The van der Waals surface area contributed by atoms with Crippen LogP contribution < -0.4 is 0 Å². The summed E-state index contributed by atoms with van der Waals surface area (Å²) in [5.74, 6) is 1.94. The van der Waals surface area contributed by atoms with Crippen LogP contribution in [-0.4, -0.2) is 15.0 Å². The van der Waals surface area contributed by atoms with E-state index in [2.05, 4.69) is 121 Å². The molecule has 0 fully saturated rings. The van der Waals surface area contributed by atoms with Crippen LogP contribution in [0.3, 0.4) is 0 Å². The van der Waals surface area contributed by atoms with Crippen LogP contribution in [0, 0.1) is 0 Å². The van der Waals surface area contributed by atoms with Gasteiger partial charge in [-0.2, -0.15) is 0 Å². The van der Waals surface area contributed by atoms with Gasteiger partial charge in [-0.25, -0.2) is 15.0 Å². The SMILES string of the molecule is c1ccc(-c2cccc(-c3cc(-c4cccc5c4sc4cccc(-c6nc(-c7ccccc7)nc(-c7ccccc7)n6)c45)c4c(c3)oc3ccccc34)c2)cc1. The Morgan fingerprint density at radius 1 is 0.339 bits per heavy atom. The molecule has 0 aliphatic rings. The van der Waals surface area contributed by atoms with E-state index < -0.39 is 0 Å². The molecule has 56 heavy (non-hydrogen) atoms. The maximum atomic E-state index is 6.62. The van der Waals surface area contributed by atoms with Crippen molar-refractivity contribution in [1.29, 1.82) is 0 Å². The topological polar surface area (TPSA) is 51.8 Å². The van der Waals surface area contributed by atoms with Gasteiger partial charge in [-0.3, -0.25) is 0 Å². The summed E-state index contributed by atoms with van der Waals surface area (Å²) in [4.78, 5) is 15.2. The van der Waals surface area contributed by atoms with E-state index in [1.54, 1.807) is 0 Å². The number of rotatable bonds is 6. The van der Waals surface area contributed by atoms with Crippen molar-refractivity contribution in [1.82, 2.24) is 15.0 Å². The number of para-hydroxylation sites is 1. The van der Waals surface area contributed by atoms with Crippen LogP contribution in [-0.2, 0) is 0 Å². The van der Waals surface area contributed by atoms with Gasteiger partial charge in [0.2, 0.25) is 0 Å². The molecule has 11 aromatic rings. The molecule has 0 spiro atoms. The molecule has 4 nitrogen and oxygen atoms in total. The van der Waals surface area contributed by atoms with Crippen molar-refractivity contribution in [3.8, 4) is 67.5 Å². The molecule has 0 amide bonds. The number of hydrogen-bond donors (Lipinski definition) is 0. The third-order valence-corrected chi connectivity index (χ3v) is 11.7. The van der Waals surface area contributed by atoms with Crippen molar-refractivity contribution in [2.45, 2.75) is 0 Å². The van der Waals surface area contributed by atoms with E-state index in [1.807, 2.05) is 78.1 Å². The van der Waals surface area contributed by atoms with E-state index >= 15 is 0 Å². The second-order valence-corrected chi connectivity index (χ2v) is 15.0. The molecule has 0 unspecified atom stereocenters. The third-order valence-electron chi connectivity index (χ3n) is 10.5. The number of benzene rings is 8. The molecule has 3 aromatic heterocycles. The van der Waals surface area contributed by atoms with Crippen molar-refractivity contribution in [2.75, 3.05) is 0 Å². The Kier molecular flexibility index (Phi) is 7.64. The molecule has 0 radical (unpaired) electrons. The molecule has 262 valence electrons. The van der Waals surface area contributed by atoms with Crippen molar-refractivity contribution < 1.29 is 4.42 Å². The summed E-state index contributed by atoms with van der Waals surface area (Å²) in [7, 11) is 0. The maximum Gasteiger partial charge on any atom is 0.164 e. The summed E-state index contributed by atoms with van der Waals surface area (Å²) >= 11 is 1.81. The van der Waals surface area contributed by atoms with Crippen LogP contribution in [0.4, 0.5) is 0 Å². The average molecular weight is 734 g/mol. The van der Waals surface area contributed by atoms with E-state index in [-0.39, 0.29) is 0 Å². The summed E-state index contributed by atoms with van der Waals surface area (Å²) in [6.45, 7) is 0. The molecule has 0 saturated carbocycles. The van der Waals surface area contributed by atoms with Gasteiger partial charge >= 0.3 is 0 Å². The van der Waals surface area contributed by atoms with Gasteiger partial charge in [-0.1, -0.05) is 158 Å². The van der Waals surface area contributed by atoms with Crippen LogP contribution in [0.2, 0.25) is 0 Å². The summed E-state index contributed by atoms with van der Waals surface area (Å²) in [5, 5.41) is 4.52. The molecular formula is C51H31N3OS. The highest BCUT2D eigenvalue weighted by Crippen LogP contribution is 2.47. The van der Waals surface area contributed by atoms with Crippen LogP contribution in [0.5, 0.6) is 0 Å². The third kappa shape index (κ3) is 5.48. The van der Waals surface area contributed by atoms with Crippen LogP contribution in [0.25, 0.3) is 110 Å². The van der Waals surface area contributed by atoms with Crippen molar-refractivity contribution >= 4 is 53.4 Å². The van der Waals surface area contributed by atoms with Crippen LogP contribution in [0.15, 0.2) is 192 Å². The van der Waals surface area contributed by atoms with Crippen LogP contribution >= 0.6 is 11.3 Å². The maximum absolute atomic E-state index is 6.62. The van der Waals surface area contributed by atoms with Crippen LogP contribution in [0.1, 0.15) is 0 Å². The standard InChI is InChI=1S/C51H31N3OS/c1-4-15-32(16-5-1)35-21-12-22-36(29-35)37-30-42(46-39-23-10-11-27-43(39)55-44(46)31-37)38-24-13-25-40-47-41(26-14-28-45(47)56-48(38)40)51-53-49(33-17-6-2-7-18-33)52-50(54-51)34-19-8-3-9-20-34/h1-31H. The summed E-state index contributed by atoms with van der Waals surface area (Å²) in [6, 6.07) is 65.6. The number of furan rings is 1. The molecule has 11 rings (SSSR count). The monoisotopic (exact) mass is 733 g/mol. The number of aromatic nitrogens is 3.